The summed E-state index contributed by atoms with van der Waals surface area (Å²) < 4.78 is 7.06. The molecule has 0 saturated heterocycles. The van der Waals surface area contributed by atoms with E-state index in [1.54, 1.807) is 0 Å². The minimum Gasteiger partial charge on any atom is -0.309 e. The third-order valence-electron chi connectivity index (χ3n) is 24.4. The highest BCUT2D eigenvalue weighted by molar-refractivity contribution is 6.33. The fourth-order valence-corrected chi connectivity index (χ4v) is 19.2. The first-order chi connectivity index (χ1) is 57.9. The number of benzene rings is 20. The van der Waals surface area contributed by atoms with Gasteiger partial charge in [-0.2, -0.15) is 0 Å². The molecule has 25 aromatic rings. The van der Waals surface area contributed by atoms with Gasteiger partial charge >= 0.3 is 0 Å². The molecule has 118 heavy (non-hydrogen) atoms. The number of para-hydroxylation sites is 5. The number of aromatic nitrogens is 7. The summed E-state index contributed by atoms with van der Waals surface area (Å²) >= 11 is 6.59. The smallest absolute Gasteiger partial charge is 0.165 e. The molecule has 552 valence electrons. The third kappa shape index (κ3) is 10.8. The van der Waals surface area contributed by atoms with E-state index in [0.717, 1.165) is 101 Å². The Morgan fingerprint density at radius 3 is 1.19 bits per heavy atom. The number of fused-ring (bicyclic) bond motifs is 28. The highest BCUT2D eigenvalue weighted by atomic mass is 35.5. The SMILES string of the molecule is C.Clc1ccc2c(c1)c1c3ccccc3ccc1n2-c1nc2ccccc2nc1-c1ccc2c(ccc3ccccc32)c1.c1ccc2c(c1)Cc1c-2ccc2ccccc12.c1ccc2c(c1)ccc1cc(-c3nc4ccccc4nc3-n3c4ccc(-n5c6ccccc6c6ccc7ccccc7c65)cc4c4c5ccccc5ccc43)ccc12. The largest absolute Gasteiger partial charge is 0.309 e. The van der Waals surface area contributed by atoms with Gasteiger partial charge in [0.15, 0.2) is 11.6 Å². The van der Waals surface area contributed by atoms with Gasteiger partial charge in [-0.1, -0.05) is 316 Å². The van der Waals surface area contributed by atoms with E-state index < -0.39 is 0 Å². The zero-order chi connectivity index (χ0) is 76.9. The van der Waals surface area contributed by atoms with Gasteiger partial charge in [-0.05, 0) is 200 Å². The lowest BCUT2D eigenvalue weighted by Crippen LogP contribution is -2.04. The van der Waals surface area contributed by atoms with Crippen LogP contribution in [-0.2, 0) is 6.42 Å². The molecule has 0 N–H and O–H groups in total. The molecule has 0 amide bonds. The molecule has 0 fully saturated rings. The van der Waals surface area contributed by atoms with Crippen LogP contribution in [0.2, 0.25) is 5.02 Å². The van der Waals surface area contributed by atoms with Crippen LogP contribution in [0.3, 0.4) is 0 Å². The highest BCUT2D eigenvalue weighted by Crippen LogP contribution is 2.47. The Morgan fingerprint density at radius 2 is 0.619 bits per heavy atom. The fourth-order valence-electron chi connectivity index (χ4n) is 19.0. The van der Waals surface area contributed by atoms with Crippen molar-refractivity contribution in [1.29, 1.82) is 0 Å². The van der Waals surface area contributed by atoms with Crippen molar-refractivity contribution in [2.24, 2.45) is 0 Å². The van der Waals surface area contributed by atoms with Gasteiger partial charge in [0.25, 0.3) is 0 Å². The third-order valence-corrected chi connectivity index (χ3v) is 24.6. The summed E-state index contributed by atoms with van der Waals surface area (Å²) in [5.74, 6) is 1.61. The van der Waals surface area contributed by atoms with Crippen LogP contribution in [-0.4, -0.2) is 33.6 Å². The van der Waals surface area contributed by atoms with Crippen molar-refractivity contribution in [2.45, 2.75) is 13.8 Å². The Labute approximate surface area is 683 Å². The van der Waals surface area contributed by atoms with Crippen LogP contribution in [0.5, 0.6) is 0 Å². The lowest BCUT2D eigenvalue weighted by molar-refractivity contribution is 1.08. The first-order valence-corrected chi connectivity index (χ1v) is 40.3. The minimum atomic E-state index is 0. The van der Waals surface area contributed by atoms with Crippen molar-refractivity contribution in [3.8, 4) is 51.0 Å². The molecule has 0 saturated carbocycles. The van der Waals surface area contributed by atoms with Gasteiger partial charge in [-0.15, -0.1) is 0 Å². The fraction of sp³-hybridized carbons (Fsp3) is 0.0182. The summed E-state index contributed by atoms with van der Waals surface area (Å²) in [4.78, 5) is 21.5. The van der Waals surface area contributed by atoms with Crippen molar-refractivity contribution in [2.75, 3.05) is 0 Å². The first-order valence-electron chi connectivity index (χ1n) is 39.9. The Balaban J connectivity index is 0.000000118. The van der Waals surface area contributed by atoms with Gasteiger partial charge in [0.1, 0.15) is 11.4 Å². The predicted octanol–water partition coefficient (Wildman–Crippen LogP) is 29.7. The Kier molecular flexibility index (Phi) is 15.8. The quantitative estimate of drug-likeness (QED) is 0.161. The molecule has 20 aromatic carbocycles. The van der Waals surface area contributed by atoms with E-state index in [1.807, 2.05) is 42.5 Å². The van der Waals surface area contributed by atoms with Crippen LogP contribution in [0.4, 0.5) is 0 Å². The Hall–Kier alpha value is -15.2. The van der Waals surface area contributed by atoms with Gasteiger partial charge in [-0.3, -0.25) is 9.13 Å². The zero-order valence-electron chi connectivity index (χ0n) is 63.2. The van der Waals surface area contributed by atoms with Crippen LogP contribution < -0.4 is 0 Å². The molecule has 0 spiro atoms. The van der Waals surface area contributed by atoms with E-state index in [0.29, 0.717) is 5.02 Å². The molecule has 5 heterocycles. The molecular weight excluding hydrogens is 1450 g/mol. The monoisotopic (exact) mass is 1520 g/mol. The van der Waals surface area contributed by atoms with E-state index in [2.05, 4.69) is 359 Å². The maximum atomic E-state index is 6.59. The van der Waals surface area contributed by atoms with E-state index in [1.165, 1.54) is 141 Å². The molecule has 0 aliphatic heterocycles. The number of halogens is 1. The molecule has 1 aliphatic rings. The lowest BCUT2D eigenvalue weighted by Gasteiger charge is -2.15. The normalized spacial score (nSPS) is 12.0. The van der Waals surface area contributed by atoms with Crippen LogP contribution in [0.1, 0.15) is 18.6 Å². The van der Waals surface area contributed by atoms with Crippen molar-refractivity contribution in [1.82, 2.24) is 33.6 Å². The van der Waals surface area contributed by atoms with E-state index in [4.69, 9.17) is 31.5 Å². The van der Waals surface area contributed by atoms with Gasteiger partial charge < -0.3 is 4.57 Å². The molecular formula is C110H70ClN7. The first kappa shape index (κ1) is 68.4. The minimum absolute atomic E-state index is 0. The zero-order valence-corrected chi connectivity index (χ0v) is 63.9. The summed E-state index contributed by atoms with van der Waals surface area (Å²) in [6, 6.07) is 139. The summed E-state index contributed by atoms with van der Waals surface area (Å²) in [6.07, 6.45) is 1.08. The second kappa shape index (κ2) is 27.3. The molecule has 5 aromatic heterocycles. The second-order valence-corrected chi connectivity index (χ2v) is 31.2. The van der Waals surface area contributed by atoms with Gasteiger partial charge in [-0.25, -0.2) is 19.9 Å². The molecule has 8 heteroatoms. The summed E-state index contributed by atoms with van der Waals surface area (Å²) in [6.45, 7) is 0. The predicted molar refractivity (Wildman–Crippen MR) is 499 cm³/mol. The maximum absolute atomic E-state index is 6.59. The van der Waals surface area contributed by atoms with Gasteiger partial charge in [0.2, 0.25) is 0 Å². The van der Waals surface area contributed by atoms with E-state index in [9.17, 15) is 0 Å². The molecule has 7 nitrogen and oxygen atoms in total. The molecule has 0 atom stereocenters. The van der Waals surface area contributed by atoms with Crippen molar-refractivity contribution in [3.63, 3.8) is 0 Å². The van der Waals surface area contributed by atoms with Crippen LogP contribution in [0.25, 0.3) is 225 Å². The average Bonchev–Trinajstić information content (AvgIpc) is 1.46. The standard InChI is InChI=1S/C54H32N4.C38H22ClN3.C17H12.CH4/c1-4-14-39-33(11-1)21-22-36-31-37(24-27-40(36)39)52-54(56-47-19-9-8-18-46(47)55-52)58-49-30-26-38(32-45(49)51-41-15-5-2-12-34(41)25-29-50(51)58)57-48-20-10-7-17-43(48)44-28-23-35-13-3-6-16-42(35)53(44)57;39-27-17-20-34-31(22-27)36-30-10-4-2-8-24(30)16-19-35(36)42(34)38-37(40-32-11-5-6-12-33(32)41-38)26-15-18-29-25(21-26)14-13-23-7-1-3-9-28(23)29;1-3-7-14-12(5-1)9-10-16-15-8-4-2-6-13(15)11-17(14)16;/h1-32H;1-22H;1-10H,11H2;1H4. The van der Waals surface area contributed by atoms with Crippen molar-refractivity contribution < 1.29 is 0 Å². The summed E-state index contributed by atoms with van der Waals surface area (Å²) in [5.41, 5.74) is 20.8. The number of hydrogen-bond acceptors (Lipinski definition) is 4. The topological polar surface area (TPSA) is 66.3 Å². The molecule has 0 bridgehead atoms. The average molecular weight is 1530 g/mol. The molecule has 26 rings (SSSR count). The van der Waals surface area contributed by atoms with Crippen LogP contribution in [0.15, 0.2) is 388 Å². The van der Waals surface area contributed by atoms with Crippen LogP contribution in [0, 0.1) is 0 Å². The van der Waals surface area contributed by atoms with Gasteiger partial charge in [0, 0.05) is 59.5 Å². The van der Waals surface area contributed by atoms with Gasteiger partial charge in [0.05, 0.1) is 55.2 Å². The van der Waals surface area contributed by atoms with Crippen molar-refractivity contribution >= 4 is 185 Å². The summed E-state index contributed by atoms with van der Waals surface area (Å²) in [5, 5.41) is 27.6. The molecule has 0 radical (unpaired) electrons. The molecule has 1 aliphatic carbocycles. The van der Waals surface area contributed by atoms with E-state index >= 15 is 0 Å². The number of hydrogen-bond donors (Lipinski definition) is 0. The van der Waals surface area contributed by atoms with E-state index in [-0.39, 0.29) is 7.43 Å². The van der Waals surface area contributed by atoms with Crippen molar-refractivity contribution in [3.05, 3.63) is 404 Å². The van der Waals surface area contributed by atoms with Crippen LogP contribution >= 0.6 is 11.6 Å². The maximum Gasteiger partial charge on any atom is 0.165 e. The number of nitrogens with zero attached hydrogens (tertiary/aromatic N) is 7. The number of rotatable bonds is 5. The Morgan fingerprint density at radius 1 is 0.237 bits per heavy atom. The lowest BCUT2D eigenvalue weighted by atomic mass is 9.99. The molecule has 0 unspecified atom stereocenters. The second-order valence-electron chi connectivity index (χ2n) is 30.8. The Bertz CT molecular complexity index is 8540. The summed E-state index contributed by atoms with van der Waals surface area (Å²) in [7, 11) is 0. The highest BCUT2D eigenvalue weighted by Gasteiger charge is 2.26.